The van der Waals surface area contributed by atoms with Gasteiger partial charge in [-0.3, -0.25) is 9.59 Å². The molecule has 0 N–H and O–H groups in total. The monoisotopic (exact) mass is 830 g/mol. The van der Waals surface area contributed by atoms with E-state index in [0.29, 0.717) is 37.6 Å². The SMILES string of the molecule is C.C.CCCCC/C=C\C/C=C\CCCCCCCC(=O)OCC[S-].CCCCC/C=C\C/C=C\CCCCCCCC(=O)OCC[S-].[Sn+2]. The molecule has 0 aromatic heterocycles. The minimum absolute atomic E-state index is 0. The Kier molecular flexibility index (Phi) is 63.8. The fourth-order valence-electron chi connectivity index (χ4n) is 4.62. The van der Waals surface area contributed by atoms with E-state index in [4.69, 9.17) is 34.7 Å². The van der Waals surface area contributed by atoms with Crippen LogP contribution >= 0.6 is 0 Å². The molecule has 0 spiro atoms. The van der Waals surface area contributed by atoms with E-state index in [1.54, 1.807) is 0 Å². The summed E-state index contributed by atoms with van der Waals surface area (Å²) in [5, 5.41) is 0. The second kappa shape index (κ2) is 54.2. The van der Waals surface area contributed by atoms with Gasteiger partial charge in [-0.15, -0.1) is 11.5 Å². The molecule has 2 radical (unpaired) electrons. The minimum atomic E-state index is -0.0967. The largest absolute Gasteiger partial charge is 2.00 e. The molecule has 0 aliphatic rings. The zero-order valence-electron chi connectivity index (χ0n) is 30.4. The summed E-state index contributed by atoms with van der Waals surface area (Å²) in [6, 6.07) is 0. The Balaban J connectivity index is -0.000000248. The molecule has 0 aliphatic heterocycles. The standard InChI is InChI=1S/2C20H36O2S.2CH4.Sn/c2*1-2-3-4-5-6-7-8-9-10-11-12-13-14-15-16-17-20(21)22-18-19-23;;;/h2*6-7,9-10,23H,2-5,8,11-19H2,1H3;2*1H4;/q;;;;+2/p-2/b2*7-6-,10-9-;;;. The predicted octanol–water partition coefficient (Wildman–Crippen LogP) is 12.7. The number of hydrogen-bond acceptors (Lipinski definition) is 6. The Morgan fingerprint density at radius 1 is 0.449 bits per heavy atom. The van der Waals surface area contributed by atoms with Crippen molar-refractivity contribution in [3.05, 3.63) is 48.6 Å². The average Bonchev–Trinajstić information content (AvgIpc) is 3.06. The fraction of sp³-hybridized carbons (Fsp3) is 0.762. The normalized spacial score (nSPS) is 10.9. The van der Waals surface area contributed by atoms with Gasteiger partial charge in [0.05, 0.1) is 13.2 Å². The Morgan fingerprint density at radius 3 is 1.04 bits per heavy atom. The van der Waals surface area contributed by atoms with Crippen LogP contribution in [0.5, 0.6) is 0 Å². The van der Waals surface area contributed by atoms with E-state index in [1.807, 2.05) is 0 Å². The van der Waals surface area contributed by atoms with Crippen molar-refractivity contribution in [1.29, 1.82) is 0 Å². The molecule has 0 aromatic carbocycles. The summed E-state index contributed by atoms with van der Waals surface area (Å²) < 4.78 is 9.91. The van der Waals surface area contributed by atoms with Crippen LogP contribution in [0.3, 0.4) is 0 Å². The Bertz CT molecular complexity index is 691. The number of esters is 2. The first-order chi connectivity index (χ1) is 22.6. The quantitative estimate of drug-likeness (QED) is 0.0221. The summed E-state index contributed by atoms with van der Waals surface area (Å²) >= 11 is 9.47. The summed E-state index contributed by atoms with van der Waals surface area (Å²) in [5.41, 5.74) is 0. The summed E-state index contributed by atoms with van der Waals surface area (Å²) in [4.78, 5) is 22.5. The van der Waals surface area contributed by atoms with Crippen LogP contribution < -0.4 is 0 Å². The number of unbranched alkanes of at least 4 members (excludes halogenated alkanes) is 16. The molecule has 0 aliphatic carbocycles. The van der Waals surface area contributed by atoms with Crippen molar-refractivity contribution in [2.45, 2.75) is 183 Å². The minimum Gasteiger partial charge on any atom is -0.789 e. The van der Waals surface area contributed by atoms with Gasteiger partial charge in [-0.05, 0) is 77.0 Å². The first kappa shape index (κ1) is 57.7. The van der Waals surface area contributed by atoms with Gasteiger partial charge in [0.2, 0.25) is 0 Å². The molecule has 7 heteroatoms. The molecule has 286 valence electrons. The second-order valence-corrected chi connectivity index (χ2v) is 12.6. The van der Waals surface area contributed by atoms with Crippen molar-refractivity contribution in [1.82, 2.24) is 0 Å². The van der Waals surface area contributed by atoms with E-state index in [2.05, 4.69) is 62.5 Å². The molecular formula is C42H78O4S2Sn. The fourth-order valence-corrected chi connectivity index (χ4v) is 4.78. The Hall–Kier alpha value is -0.601. The number of hydrogen-bond donors (Lipinski definition) is 0. The van der Waals surface area contributed by atoms with Crippen molar-refractivity contribution in [2.75, 3.05) is 24.7 Å². The van der Waals surface area contributed by atoms with Crippen molar-refractivity contribution in [2.24, 2.45) is 0 Å². The van der Waals surface area contributed by atoms with Crippen LogP contribution in [0, 0.1) is 0 Å². The van der Waals surface area contributed by atoms with Crippen LogP contribution in [-0.4, -0.2) is 60.6 Å². The maximum atomic E-state index is 11.3. The molecular weight excluding hydrogens is 751 g/mol. The summed E-state index contributed by atoms with van der Waals surface area (Å²) in [5.74, 6) is 0.794. The summed E-state index contributed by atoms with van der Waals surface area (Å²) in [7, 11) is 0. The van der Waals surface area contributed by atoms with Gasteiger partial charge in [-0.2, -0.15) is 0 Å². The molecule has 0 fully saturated rings. The maximum absolute atomic E-state index is 11.3. The molecule has 0 heterocycles. The van der Waals surface area contributed by atoms with Gasteiger partial charge >= 0.3 is 35.8 Å². The van der Waals surface area contributed by atoms with Crippen molar-refractivity contribution in [3.63, 3.8) is 0 Å². The van der Waals surface area contributed by atoms with E-state index in [0.717, 1.165) is 38.5 Å². The van der Waals surface area contributed by atoms with Gasteiger partial charge in [0, 0.05) is 12.8 Å². The van der Waals surface area contributed by atoms with Crippen molar-refractivity contribution < 1.29 is 19.1 Å². The Morgan fingerprint density at radius 2 is 0.735 bits per heavy atom. The number of allylic oxidation sites excluding steroid dienone is 8. The third kappa shape index (κ3) is 57.0. The molecule has 0 amide bonds. The van der Waals surface area contributed by atoms with Gasteiger partial charge in [0.1, 0.15) is 0 Å². The average molecular weight is 830 g/mol. The van der Waals surface area contributed by atoms with Crippen molar-refractivity contribution in [3.8, 4) is 0 Å². The molecule has 0 saturated heterocycles. The second-order valence-electron chi connectivity index (χ2n) is 11.8. The van der Waals surface area contributed by atoms with Crippen LogP contribution in [0.25, 0.3) is 0 Å². The van der Waals surface area contributed by atoms with E-state index < -0.39 is 0 Å². The third-order valence-corrected chi connectivity index (χ3v) is 7.69. The van der Waals surface area contributed by atoms with Crippen LogP contribution in [0.15, 0.2) is 48.6 Å². The van der Waals surface area contributed by atoms with Gasteiger partial charge in [0.25, 0.3) is 0 Å². The van der Waals surface area contributed by atoms with Gasteiger partial charge in [-0.25, -0.2) is 0 Å². The first-order valence-electron chi connectivity index (χ1n) is 18.7. The van der Waals surface area contributed by atoms with Crippen LogP contribution in [0.2, 0.25) is 0 Å². The number of carbonyl (C=O) groups is 2. The molecule has 0 unspecified atom stereocenters. The summed E-state index contributed by atoms with van der Waals surface area (Å²) in [6.45, 7) is 5.25. The summed E-state index contributed by atoms with van der Waals surface area (Å²) in [6.07, 6.45) is 45.7. The van der Waals surface area contributed by atoms with E-state index in [1.165, 1.54) is 103 Å². The van der Waals surface area contributed by atoms with E-state index in [9.17, 15) is 9.59 Å². The molecule has 0 aromatic rings. The number of ether oxygens (including phenoxy) is 2. The molecule has 49 heavy (non-hydrogen) atoms. The van der Waals surface area contributed by atoms with E-state index >= 15 is 0 Å². The molecule has 0 bridgehead atoms. The number of rotatable bonds is 32. The maximum Gasteiger partial charge on any atom is 2.00 e. The molecule has 0 saturated carbocycles. The topological polar surface area (TPSA) is 52.6 Å². The smallest absolute Gasteiger partial charge is 0.789 e. The van der Waals surface area contributed by atoms with Crippen LogP contribution in [-0.2, 0) is 44.3 Å². The van der Waals surface area contributed by atoms with Crippen LogP contribution in [0.1, 0.15) is 183 Å². The van der Waals surface area contributed by atoms with E-state index in [-0.39, 0.29) is 50.7 Å². The third-order valence-electron chi connectivity index (χ3n) is 7.36. The van der Waals surface area contributed by atoms with Gasteiger partial charge in [0.15, 0.2) is 0 Å². The molecule has 0 atom stereocenters. The Labute approximate surface area is 334 Å². The predicted molar refractivity (Wildman–Crippen MR) is 224 cm³/mol. The molecule has 4 nitrogen and oxygen atoms in total. The van der Waals surface area contributed by atoms with Crippen molar-refractivity contribution >= 4 is 61.1 Å². The van der Waals surface area contributed by atoms with Gasteiger partial charge < -0.3 is 34.7 Å². The zero-order valence-corrected chi connectivity index (χ0v) is 34.9. The zero-order chi connectivity index (χ0) is 34.0. The number of carbonyl (C=O) groups excluding carboxylic acids is 2. The molecule has 0 rings (SSSR count). The first-order valence-corrected chi connectivity index (χ1v) is 19.8. The van der Waals surface area contributed by atoms with Gasteiger partial charge in [-0.1, -0.05) is 142 Å². The van der Waals surface area contributed by atoms with Crippen LogP contribution in [0.4, 0.5) is 0 Å².